The summed E-state index contributed by atoms with van der Waals surface area (Å²) < 4.78 is 0. The first kappa shape index (κ1) is 74.0. The number of fused-ring (bicyclic) bond motifs is 13. The van der Waals surface area contributed by atoms with Crippen molar-refractivity contribution in [3.8, 4) is 100 Å². The van der Waals surface area contributed by atoms with E-state index in [4.69, 9.17) is 0 Å². The lowest BCUT2D eigenvalue weighted by atomic mass is 9.84. The number of hydrogen-bond donors (Lipinski definition) is 0. The second-order valence-electron chi connectivity index (χ2n) is 33.3. The van der Waals surface area contributed by atoms with Crippen LogP contribution < -0.4 is 0 Å². The van der Waals surface area contributed by atoms with Gasteiger partial charge in [0, 0.05) is 0 Å². The summed E-state index contributed by atoms with van der Waals surface area (Å²) in [5.41, 5.74) is 23.9. The number of rotatable bonds is 9. The average molecular weight is 1580 g/mol. The molecule has 0 aromatic heterocycles. The minimum atomic E-state index is 1.23. The van der Waals surface area contributed by atoms with E-state index in [1.807, 2.05) is 0 Å². The molecule has 0 unspecified atom stereocenters. The second-order valence-corrected chi connectivity index (χ2v) is 33.3. The van der Waals surface area contributed by atoms with E-state index >= 15 is 0 Å². The SMILES string of the molecule is Cc1ccc(-c2ccc3c(-c4ccc5ccccc5c4)c4ccccc4c(-c4ccc5ccccc5c4)c3c2)cc1.c1ccc(-c2ccc3c(-c4ccc5ccccc5c4)c4ccccc4c(-c4ccc5ccccc5c4)c3c2)cc1.c1ccc2cc(-c3ccc4c(-c5ccc6ccccc6c5)c5ccccc5c(-c5ccc6ccccc6c5)c4c3)ccc2c1. The summed E-state index contributed by atoms with van der Waals surface area (Å²) in [6.45, 7) is 2.14. The van der Waals surface area contributed by atoms with Crippen molar-refractivity contribution in [1.82, 2.24) is 0 Å². The van der Waals surface area contributed by atoms with Crippen LogP contribution in [0.2, 0.25) is 0 Å². The van der Waals surface area contributed by atoms with E-state index in [-0.39, 0.29) is 0 Å². The lowest BCUT2D eigenvalue weighted by Gasteiger charge is -2.19. The molecule has 0 bridgehead atoms. The molecule has 0 fully saturated rings. The summed E-state index contributed by atoms with van der Waals surface area (Å²) in [6, 6.07) is 176. The summed E-state index contributed by atoms with van der Waals surface area (Å²) in [7, 11) is 0. The van der Waals surface area contributed by atoms with Gasteiger partial charge in [-0.1, -0.05) is 424 Å². The predicted octanol–water partition coefficient (Wildman–Crippen LogP) is 35.4. The molecule has 0 saturated carbocycles. The molecule has 0 heteroatoms. The van der Waals surface area contributed by atoms with Gasteiger partial charge in [0.25, 0.3) is 0 Å². The van der Waals surface area contributed by atoms with Gasteiger partial charge in [-0.15, -0.1) is 0 Å². The highest BCUT2D eigenvalue weighted by molar-refractivity contribution is 6.26. The van der Waals surface area contributed by atoms with Crippen molar-refractivity contribution in [2.75, 3.05) is 0 Å². The van der Waals surface area contributed by atoms with Gasteiger partial charge >= 0.3 is 0 Å². The molecule has 0 aliphatic rings. The largest absolute Gasteiger partial charge is 0.0622 e. The Labute approximate surface area is 726 Å². The molecule has 125 heavy (non-hydrogen) atoms. The van der Waals surface area contributed by atoms with Crippen LogP contribution in [-0.2, 0) is 0 Å². The van der Waals surface area contributed by atoms with Crippen molar-refractivity contribution in [3.05, 3.63) is 485 Å². The van der Waals surface area contributed by atoms with Crippen molar-refractivity contribution in [1.29, 1.82) is 0 Å². The first-order chi connectivity index (χ1) is 61.9. The van der Waals surface area contributed by atoms with Crippen LogP contribution in [0.1, 0.15) is 5.56 Å². The molecule has 0 saturated heterocycles. The van der Waals surface area contributed by atoms with Crippen LogP contribution in [0.25, 0.3) is 240 Å². The minimum Gasteiger partial charge on any atom is -0.0622 e. The van der Waals surface area contributed by atoms with E-state index in [0.717, 1.165) is 0 Å². The van der Waals surface area contributed by atoms with E-state index in [1.54, 1.807) is 0 Å². The summed E-state index contributed by atoms with van der Waals surface area (Å²) >= 11 is 0. The Morgan fingerprint density at radius 3 is 0.512 bits per heavy atom. The molecule has 0 aliphatic heterocycles. The van der Waals surface area contributed by atoms with Gasteiger partial charge in [0.15, 0.2) is 0 Å². The van der Waals surface area contributed by atoms with E-state index in [9.17, 15) is 0 Å². The number of benzene rings is 25. The molecule has 0 aliphatic carbocycles. The summed E-state index contributed by atoms with van der Waals surface area (Å²) in [5.74, 6) is 0. The van der Waals surface area contributed by atoms with E-state index in [1.165, 1.54) is 246 Å². The van der Waals surface area contributed by atoms with Gasteiger partial charge in [-0.05, 0) is 308 Å². The molecule has 0 spiro atoms. The molecule has 25 rings (SSSR count). The zero-order valence-corrected chi connectivity index (χ0v) is 69.1. The molecule has 25 aromatic carbocycles. The molecule has 0 nitrogen and oxygen atoms in total. The Kier molecular flexibility index (Phi) is 18.6. The highest BCUT2D eigenvalue weighted by atomic mass is 14.3. The van der Waals surface area contributed by atoms with Gasteiger partial charge in [0.2, 0.25) is 0 Å². The average Bonchev–Trinajstić information content (AvgIpc) is 0.735. The molecule has 0 N–H and O–H groups in total. The van der Waals surface area contributed by atoms with Crippen molar-refractivity contribution in [2.45, 2.75) is 6.92 Å². The fraction of sp³-hybridized carbons (Fsp3) is 0.00800. The maximum absolute atomic E-state index is 2.42. The highest BCUT2D eigenvalue weighted by Gasteiger charge is 2.23. The second kappa shape index (κ2) is 31.5. The molecule has 582 valence electrons. The van der Waals surface area contributed by atoms with Gasteiger partial charge in [-0.2, -0.15) is 0 Å². The Balaban J connectivity index is 0.000000108. The van der Waals surface area contributed by atoms with Gasteiger partial charge in [0.05, 0.1) is 0 Å². The molecule has 0 atom stereocenters. The van der Waals surface area contributed by atoms with Gasteiger partial charge < -0.3 is 0 Å². The maximum Gasteiger partial charge on any atom is -0.00259 e. The predicted molar refractivity (Wildman–Crippen MR) is 541 cm³/mol. The number of aryl methyl sites for hydroxylation is 1. The molecule has 0 radical (unpaired) electrons. The highest BCUT2D eigenvalue weighted by Crippen LogP contribution is 2.51. The third-order valence-corrected chi connectivity index (χ3v) is 25.9. The monoisotopic (exact) mass is 1580 g/mol. The Morgan fingerprint density at radius 2 is 0.256 bits per heavy atom. The zero-order chi connectivity index (χ0) is 82.8. The van der Waals surface area contributed by atoms with Gasteiger partial charge in [0.1, 0.15) is 0 Å². The van der Waals surface area contributed by atoms with Crippen molar-refractivity contribution in [2.24, 2.45) is 0 Å². The van der Waals surface area contributed by atoms with E-state index in [0.29, 0.717) is 0 Å². The lowest BCUT2D eigenvalue weighted by Crippen LogP contribution is -1.92. The van der Waals surface area contributed by atoms with Crippen LogP contribution >= 0.6 is 0 Å². The molecule has 0 amide bonds. The van der Waals surface area contributed by atoms with Crippen molar-refractivity contribution in [3.63, 3.8) is 0 Å². The van der Waals surface area contributed by atoms with Crippen LogP contribution in [0, 0.1) is 6.92 Å². The maximum atomic E-state index is 2.42. The van der Waals surface area contributed by atoms with Crippen LogP contribution in [0.4, 0.5) is 0 Å². The quantitative estimate of drug-likeness (QED) is 0.126. The topological polar surface area (TPSA) is 0 Å². The van der Waals surface area contributed by atoms with Crippen LogP contribution in [0.15, 0.2) is 479 Å². The zero-order valence-electron chi connectivity index (χ0n) is 69.1. The molecule has 0 heterocycles. The Bertz CT molecular complexity index is 8600. The fourth-order valence-corrected chi connectivity index (χ4v) is 19.8. The van der Waals surface area contributed by atoms with Gasteiger partial charge in [-0.25, -0.2) is 0 Å². The van der Waals surface area contributed by atoms with Crippen LogP contribution in [0.3, 0.4) is 0 Å². The lowest BCUT2D eigenvalue weighted by molar-refractivity contribution is 1.47. The van der Waals surface area contributed by atoms with E-state index in [2.05, 4.69) is 486 Å². The summed E-state index contributed by atoms with van der Waals surface area (Å²) in [6.07, 6.45) is 0. The van der Waals surface area contributed by atoms with Crippen LogP contribution in [0.5, 0.6) is 0 Å². The Hall–Kier alpha value is -16.1. The third kappa shape index (κ3) is 13.6. The molecular formula is C125H82. The number of hydrogen-bond acceptors (Lipinski definition) is 0. The normalized spacial score (nSPS) is 11.6. The summed E-state index contributed by atoms with van der Waals surface area (Å²) in [4.78, 5) is 0. The third-order valence-electron chi connectivity index (χ3n) is 25.9. The Morgan fingerprint density at radius 1 is 0.0960 bits per heavy atom. The van der Waals surface area contributed by atoms with Crippen molar-refractivity contribution >= 4 is 140 Å². The first-order valence-electron chi connectivity index (χ1n) is 43.4. The fourth-order valence-electron chi connectivity index (χ4n) is 19.8. The smallest absolute Gasteiger partial charge is 0.00259 e. The van der Waals surface area contributed by atoms with Crippen LogP contribution in [-0.4, -0.2) is 0 Å². The van der Waals surface area contributed by atoms with Gasteiger partial charge in [-0.3, -0.25) is 0 Å². The minimum absolute atomic E-state index is 1.23. The molecule has 25 aromatic rings. The first-order valence-corrected chi connectivity index (χ1v) is 43.4. The summed E-state index contributed by atoms with van der Waals surface area (Å²) in [5, 5.41) is 33.0. The molecular weight excluding hydrogens is 1500 g/mol. The standard InChI is InChI=1S/C44H28.C41H28.C40H26/c1-4-12-32-25-35(20-17-29(32)9-1)36-23-24-41-42(28-36)44(38-22-19-31-11-3-6-14-34(31)27-38)40-16-8-7-15-39(40)43(41)37-21-18-30-10-2-5-13-33(30)26-37;1-27-14-16-30(17-15-27)33-22-23-38-39(26-33)41(35-21-19-29-9-3-5-11-32(29)25-35)37-13-7-6-12-36(37)40(38)34-20-18-28-8-2-4-10-31(28)24-34;1-2-10-27(11-3-1)32-22-23-37-38(26-32)40(34-21-19-29-13-5-7-15-31(29)25-34)36-17-9-8-16-35(36)39(37)33-20-18-28-12-4-6-14-30(28)24-33/h1-28H;2-26H,1H3;1-26H. The van der Waals surface area contributed by atoms with E-state index < -0.39 is 0 Å². The van der Waals surface area contributed by atoms with Crippen molar-refractivity contribution < 1.29 is 0 Å².